The van der Waals surface area contributed by atoms with Crippen LogP contribution < -0.4 is 16.4 Å². The number of phosphoric acid groups is 3. The molecule has 4 rings (SSSR count). The molecule has 3 amide bonds. The number of carbonyl (C=O) groups excluding carboxylic acids is 3. The molecule has 1 saturated heterocycles. The van der Waals surface area contributed by atoms with Crippen LogP contribution in [0.1, 0.15) is 38.5 Å². The molecule has 1 aliphatic heterocycles. The van der Waals surface area contributed by atoms with Crippen molar-refractivity contribution in [3.63, 3.8) is 0 Å². The zero-order chi connectivity index (χ0) is 49.2. The van der Waals surface area contributed by atoms with Crippen LogP contribution >= 0.6 is 35.4 Å². The molecule has 66 heavy (non-hydrogen) atoms. The van der Waals surface area contributed by atoms with Gasteiger partial charge in [-0.15, -0.1) is 0 Å². The molecule has 1 aliphatic rings. The first kappa shape index (κ1) is 54.1. The zero-order valence-electron chi connectivity index (χ0n) is 34.6. The van der Waals surface area contributed by atoms with Crippen LogP contribution in [0, 0.1) is 5.41 Å². The number of nitrogens with two attached hydrogens (primary N) is 1. The van der Waals surface area contributed by atoms with Gasteiger partial charge in [-0.05, 0) is 17.5 Å². The Bertz CT molecular complexity index is 2360. The molecular weight excluding hydrogens is 969 g/mol. The second-order valence-corrected chi connectivity index (χ2v) is 20.0. The van der Waals surface area contributed by atoms with E-state index in [0.717, 1.165) is 21.5 Å². The molecule has 33 heteroatoms. The van der Waals surface area contributed by atoms with Crippen molar-refractivity contribution in [3.8, 4) is 0 Å². The number of rotatable bonds is 26. The van der Waals surface area contributed by atoms with Crippen LogP contribution in [0.2, 0.25) is 0 Å². The number of carbonyl (C=O) groups is 5. The van der Waals surface area contributed by atoms with Crippen molar-refractivity contribution in [2.75, 3.05) is 37.8 Å². The van der Waals surface area contributed by atoms with Crippen LogP contribution in [-0.4, -0.2) is 156 Å². The topological polar surface area (TPSA) is 441 Å². The number of nitrogen functional groups attached to an aromatic ring is 1. The highest BCUT2D eigenvalue weighted by Gasteiger charge is 2.50. The number of anilines is 1. The van der Waals surface area contributed by atoms with Gasteiger partial charge < -0.3 is 61.1 Å². The number of aromatic nitrogens is 4. The van der Waals surface area contributed by atoms with Gasteiger partial charge in [-0.25, -0.2) is 33.4 Å². The number of phosphoric ester groups is 3. The van der Waals surface area contributed by atoms with E-state index in [9.17, 15) is 72.6 Å². The number of fused-ring (bicyclic) bond motifs is 1. The molecule has 3 heterocycles. The Labute approximate surface area is 377 Å². The molecule has 0 saturated carbocycles. The summed E-state index contributed by atoms with van der Waals surface area (Å²) in [5.41, 5.74) is 4.69. The average molecular weight is 1020 g/mol. The smallest absolute Gasteiger partial charge is 0.481 e. The van der Waals surface area contributed by atoms with Crippen molar-refractivity contribution in [1.29, 1.82) is 0 Å². The van der Waals surface area contributed by atoms with E-state index in [1.54, 1.807) is 30.3 Å². The van der Waals surface area contributed by atoms with Gasteiger partial charge in [0.25, 0.3) is 0 Å². The molecule has 0 radical (unpaired) electrons. The number of amides is 3. The number of hydrogen-bond acceptors (Lipinski definition) is 20. The van der Waals surface area contributed by atoms with E-state index in [0.29, 0.717) is 17.5 Å². The molecule has 0 aliphatic carbocycles. The lowest BCUT2D eigenvalue weighted by atomic mass is 9.87. The summed E-state index contributed by atoms with van der Waals surface area (Å²) in [4.78, 5) is 112. The number of hydrogen-bond donors (Lipinski definition) is 11. The lowest BCUT2D eigenvalue weighted by Gasteiger charge is -2.30. The normalized spacial score (nSPS) is 20.4. The van der Waals surface area contributed by atoms with Gasteiger partial charge in [0.2, 0.25) is 17.7 Å². The van der Waals surface area contributed by atoms with Crippen LogP contribution in [0.3, 0.4) is 0 Å². The maximum atomic E-state index is 12.7. The molecule has 2 aromatic heterocycles. The Morgan fingerprint density at radius 3 is 2.29 bits per heavy atom. The highest BCUT2D eigenvalue weighted by Crippen LogP contribution is 2.61. The minimum Gasteiger partial charge on any atom is -0.481 e. The summed E-state index contributed by atoms with van der Waals surface area (Å²) in [5.74, 6) is -5.66. The fourth-order valence-electron chi connectivity index (χ4n) is 5.93. The maximum absolute atomic E-state index is 12.7. The van der Waals surface area contributed by atoms with Crippen LogP contribution in [0.15, 0.2) is 43.0 Å². The first-order valence-corrected chi connectivity index (χ1v) is 24.5. The Kier molecular flexibility index (Phi) is 18.9. The lowest BCUT2D eigenvalue weighted by Crippen LogP contribution is -2.46. The van der Waals surface area contributed by atoms with Crippen LogP contribution in [-0.2, 0) is 66.7 Å². The number of carboxylic acid groups (broad SMARTS) is 2. The van der Waals surface area contributed by atoms with Gasteiger partial charge in [-0.2, -0.15) is 4.31 Å². The van der Waals surface area contributed by atoms with Crippen molar-refractivity contribution in [2.24, 2.45) is 5.41 Å². The van der Waals surface area contributed by atoms with Crippen LogP contribution in [0.25, 0.3) is 11.2 Å². The maximum Gasteiger partial charge on any atom is 0.481 e. The Balaban J connectivity index is 1.23. The third-order valence-corrected chi connectivity index (χ3v) is 13.3. The summed E-state index contributed by atoms with van der Waals surface area (Å²) in [6, 6.07) is 6.88. The summed E-state index contributed by atoms with van der Waals surface area (Å²) < 4.78 is 63.1. The third kappa shape index (κ3) is 15.8. The zero-order valence-corrected chi connectivity index (χ0v) is 38.1. The number of imidazole rings is 1. The van der Waals surface area contributed by atoms with E-state index in [1.165, 1.54) is 13.8 Å². The van der Waals surface area contributed by atoms with Gasteiger partial charge in [0, 0.05) is 37.1 Å². The van der Waals surface area contributed by atoms with Gasteiger partial charge in [0.1, 0.15) is 48.7 Å². The van der Waals surface area contributed by atoms with E-state index in [2.05, 4.69) is 34.4 Å². The Morgan fingerprint density at radius 2 is 1.65 bits per heavy atom. The lowest BCUT2D eigenvalue weighted by molar-refractivity contribution is -0.149. The first-order valence-electron chi connectivity index (χ1n) is 19.0. The summed E-state index contributed by atoms with van der Waals surface area (Å²) in [7, 11) is -16.6. The standard InChI is InChI=1S/C33H47N8O21P3S/c1-33(2,27(47)30(48)36-9-8-21(42)35-10-11-66-41(22(43)13-23(44)45)19(32(49)50)12-18-6-4-3-5-7-18)15-59-65(56,57)62-64(54,55)58-14-20-26(61-63(51,52)53)25(46)31(60-20)40-17-39-24-28(34)37-16-38-29(24)40/h3-7,16-17,19-20,25-27,31,46-47H,8-15H2,1-2H3,(H,35,42)(H,36,48)(H,44,45)(H,49,50)(H,54,55)(H,56,57)(H2,34,37,38)(H2,51,52,53)/t19-,20+,25+,26+,27?,31+/m0/s1. The van der Waals surface area contributed by atoms with E-state index in [4.69, 9.17) is 24.6 Å². The van der Waals surface area contributed by atoms with Gasteiger partial charge in [0.15, 0.2) is 17.7 Å². The molecule has 12 N–H and O–H groups in total. The number of nitrogens with zero attached hydrogens (tertiary/aromatic N) is 5. The minimum atomic E-state index is -5.63. The highest BCUT2D eigenvalue weighted by molar-refractivity contribution is 7.97. The number of benzene rings is 1. The molecule has 1 fully saturated rings. The molecule has 0 spiro atoms. The van der Waals surface area contributed by atoms with Crippen molar-refractivity contribution >= 4 is 82.1 Å². The van der Waals surface area contributed by atoms with Gasteiger partial charge in [-0.3, -0.25) is 41.6 Å². The summed E-state index contributed by atoms with van der Waals surface area (Å²) >= 11 is 0.700. The molecule has 3 unspecified atom stereocenters. The summed E-state index contributed by atoms with van der Waals surface area (Å²) in [6.07, 6.45) is -8.48. The highest BCUT2D eigenvalue weighted by atomic mass is 32.2. The van der Waals surface area contributed by atoms with E-state index >= 15 is 0 Å². The van der Waals surface area contributed by atoms with Crippen molar-refractivity contribution in [2.45, 2.75) is 69.8 Å². The third-order valence-electron chi connectivity index (χ3n) is 9.12. The molecule has 366 valence electrons. The fourth-order valence-corrected chi connectivity index (χ4v) is 9.70. The molecule has 29 nitrogen and oxygen atoms in total. The predicted molar refractivity (Wildman–Crippen MR) is 223 cm³/mol. The number of ether oxygens (including phenoxy) is 1. The monoisotopic (exact) mass is 1020 g/mol. The van der Waals surface area contributed by atoms with E-state index in [-0.39, 0.29) is 48.7 Å². The molecule has 1 aromatic carbocycles. The SMILES string of the molecule is CC(C)(COP(=O)(O)OP(=O)(O)OC[C@H]1O[C@@H](n2cnc3c(N)ncnc32)[C@H](O)[C@@H]1OP(=O)(O)O)C(O)C(=O)NCCC(=O)NCCSN(C(=O)CC(=O)O)[C@@H](Cc1ccccc1)C(=O)O. The largest absolute Gasteiger partial charge is 0.481 e. The number of nitrogens with one attached hydrogen (secondary N) is 2. The number of aliphatic hydroxyl groups is 2. The van der Waals surface area contributed by atoms with Gasteiger partial charge >= 0.3 is 35.4 Å². The van der Waals surface area contributed by atoms with E-state index in [1.807, 2.05) is 0 Å². The van der Waals surface area contributed by atoms with Crippen molar-refractivity contribution in [1.82, 2.24) is 34.5 Å². The Hall–Kier alpha value is -4.48. The van der Waals surface area contributed by atoms with Gasteiger partial charge in [0.05, 0.1) is 19.5 Å². The fraction of sp³-hybridized carbons (Fsp3) is 0.515. The van der Waals surface area contributed by atoms with Gasteiger partial charge in [-0.1, -0.05) is 44.2 Å². The molecular formula is C33H47N8O21P3S. The number of carboxylic acids is 2. The molecule has 3 aromatic rings. The van der Waals surface area contributed by atoms with Crippen LogP contribution in [0.4, 0.5) is 5.82 Å². The van der Waals surface area contributed by atoms with Crippen molar-refractivity contribution in [3.05, 3.63) is 48.5 Å². The summed E-state index contributed by atoms with van der Waals surface area (Å²) in [5, 5.41) is 45.3. The van der Waals surface area contributed by atoms with Crippen molar-refractivity contribution < 1.29 is 100 Å². The summed E-state index contributed by atoms with van der Waals surface area (Å²) in [6.45, 7) is -0.204. The average Bonchev–Trinajstić information content (AvgIpc) is 3.78. The second kappa shape index (κ2) is 23.0. The quantitative estimate of drug-likeness (QED) is 0.0200. The predicted octanol–water partition coefficient (Wildman–Crippen LogP) is -0.948. The van der Waals surface area contributed by atoms with E-state index < -0.39 is 115 Å². The molecule has 8 atom stereocenters. The first-order chi connectivity index (χ1) is 30.7. The minimum absolute atomic E-state index is 0.00500. The molecule has 0 bridgehead atoms. The second-order valence-electron chi connectivity index (χ2n) is 14.7. The Morgan fingerprint density at radius 1 is 0.985 bits per heavy atom. The van der Waals surface area contributed by atoms with Crippen LogP contribution in [0.5, 0.6) is 0 Å². The number of aliphatic carboxylic acids is 2. The number of aliphatic hydroxyl groups excluding tert-OH is 2.